The number of hydrogen-bond acceptors (Lipinski definition) is 3. The number of ether oxygens (including phenoxy) is 1. The molecule has 3 aromatic heterocycles. The van der Waals surface area contributed by atoms with Crippen molar-refractivity contribution in [3.8, 4) is 28.4 Å². The van der Waals surface area contributed by atoms with Gasteiger partial charge in [0, 0.05) is 50.0 Å². The van der Waals surface area contributed by atoms with E-state index >= 15 is 0 Å². The molecule has 1 aliphatic heterocycles. The summed E-state index contributed by atoms with van der Waals surface area (Å²) in [6.07, 6.45) is 1.90. The van der Waals surface area contributed by atoms with E-state index in [-0.39, 0.29) is 31.9 Å². The Bertz CT molecular complexity index is 3930. The first-order valence-electron chi connectivity index (χ1n) is 23.5. The first-order valence-corrected chi connectivity index (χ1v) is 23.0. The first kappa shape index (κ1) is 42.1. The topological polar surface area (TPSA) is 35.2 Å². The predicted octanol–water partition coefficient (Wildman–Crippen LogP) is 16.5. The molecule has 11 aromatic rings. The Morgan fingerprint density at radius 2 is 1.15 bits per heavy atom. The van der Waals surface area contributed by atoms with E-state index in [1.165, 1.54) is 16.3 Å². The van der Waals surface area contributed by atoms with Crippen LogP contribution >= 0.6 is 0 Å². The second-order valence-electron chi connectivity index (χ2n) is 19.7. The molecule has 1 aliphatic rings. The van der Waals surface area contributed by atoms with Crippen LogP contribution in [-0.2, 0) is 31.9 Å². The van der Waals surface area contributed by atoms with Gasteiger partial charge in [0.05, 0.1) is 1.37 Å². The van der Waals surface area contributed by atoms with E-state index in [0.29, 0.717) is 17.5 Å². The Labute approximate surface area is 413 Å². The summed E-state index contributed by atoms with van der Waals surface area (Å²) in [4.78, 5) is 7.10. The molecular weight excluding hydrogens is 1010 g/mol. The Balaban J connectivity index is 0.00000520. The third-order valence-electron chi connectivity index (χ3n) is 13.3. The number of nitrogens with zero attached hydrogens (tertiary/aromatic N) is 4. The summed E-state index contributed by atoms with van der Waals surface area (Å²) in [6, 6.07) is 67.7. The largest absolute Gasteiger partial charge is 0.509 e. The number of hydrogen-bond donors (Lipinski definition) is 0. The van der Waals surface area contributed by atoms with Crippen molar-refractivity contribution in [1.82, 2.24) is 14.1 Å². The van der Waals surface area contributed by atoms with E-state index in [9.17, 15) is 0 Å². The molecule has 0 amide bonds. The molecule has 0 N–H and O–H groups in total. The quantitative estimate of drug-likeness (QED) is 0.161. The van der Waals surface area contributed by atoms with Gasteiger partial charge in [0.1, 0.15) is 5.82 Å². The number of anilines is 2. The van der Waals surface area contributed by atoms with Crippen molar-refractivity contribution in [2.45, 2.75) is 52.4 Å². The zero-order chi connectivity index (χ0) is 46.5. The molecule has 0 atom stereocenters. The van der Waals surface area contributed by atoms with Crippen molar-refractivity contribution in [2.75, 3.05) is 4.90 Å². The van der Waals surface area contributed by atoms with Crippen molar-refractivity contribution in [3.63, 3.8) is 0 Å². The van der Waals surface area contributed by atoms with Crippen LogP contribution in [0.2, 0.25) is 0 Å². The molecule has 4 heterocycles. The van der Waals surface area contributed by atoms with E-state index in [2.05, 4.69) is 214 Å². The summed E-state index contributed by atoms with van der Waals surface area (Å²) in [5.41, 5.74) is 10.1. The zero-order valence-corrected chi connectivity index (χ0v) is 41.1. The van der Waals surface area contributed by atoms with E-state index in [1.54, 1.807) is 0 Å². The number of para-hydroxylation sites is 3. The number of pyridine rings is 1. The van der Waals surface area contributed by atoms with Crippen LogP contribution in [0.4, 0.5) is 11.4 Å². The zero-order valence-electron chi connectivity index (χ0n) is 39.8. The van der Waals surface area contributed by atoms with Crippen LogP contribution in [0.25, 0.3) is 82.1 Å². The molecule has 6 heteroatoms. The van der Waals surface area contributed by atoms with E-state index < -0.39 is 0 Å². The summed E-state index contributed by atoms with van der Waals surface area (Å²) in [5, 5.41) is 9.06. The average Bonchev–Trinajstić information content (AvgIpc) is 3.90. The summed E-state index contributed by atoms with van der Waals surface area (Å²) < 4.78 is 20.3. The molecule has 5 nitrogen and oxygen atoms in total. The molecule has 336 valence electrons. The maximum absolute atomic E-state index is 9.02. The van der Waals surface area contributed by atoms with Crippen molar-refractivity contribution in [2.24, 2.45) is 0 Å². The van der Waals surface area contributed by atoms with Gasteiger partial charge in [0.2, 0.25) is 0 Å². The molecule has 0 bridgehead atoms. The van der Waals surface area contributed by atoms with Crippen LogP contribution in [0.1, 0.15) is 54.0 Å². The number of rotatable bonds is 5. The van der Waals surface area contributed by atoms with E-state index in [4.69, 9.17) is 11.1 Å². The van der Waals surface area contributed by atoms with Gasteiger partial charge in [-0.05, 0) is 113 Å². The molecule has 0 saturated heterocycles. The molecular formula is C62H49N4OPt-3. The van der Waals surface area contributed by atoms with Gasteiger partial charge in [-0.25, -0.2) is 4.98 Å². The third kappa shape index (κ3) is 7.20. The maximum atomic E-state index is 9.02. The minimum absolute atomic E-state index is 0. The minimum atomic E-state index is -0.142. The summed E-state index contributed by atoms with van der Waals surface area (Å²) in [7, 11) is 0. The van der Waals surface area contributed by atoms with Crippen LogP contribution < -0.4 is 9.64 Å². The van der Waals surface area contributed by atoms with Crippen LogP contribution in [0.15, 0.2) is 182 Å². The summed E-state index contributed by atoms with van der Waals surface area (Å²) in [6.45, 7) is 15.5. The average molecular weight is 1060 g/mol. The smallest absolute Gasteiger partial charge is 0.135 e. The molecule has 0 fully saturated rings. The van der Waals surface area contributed by atoms with Crippen molar-refractivity contribution < 1.29 is 27.2 Å². The molecule has 0 unspecified atom stereocenters. The van der Waals surface area contributed by atoms with Gasteiger partial charge >= 0.3 is 0 Å². The van der Waals surface area contributed by atoms with Crippen LogP contribution in [0, 0.1) is 18.8 Å². The fourth-order valence-corrected chi connectivity index (χ4v) is 9.95. The molecule has 0 radical (unpaired) electrons. The van der Waals surface area contributed by atoms with Gasteiger partial charge in [-0.3, -0.25) is 0 Å². The number of aromatic nitrogens is 3. The van der Waals surface area contributed by atoms with Crippen molar-refractivity contribution in [3.05, 3.63) is 212 Å². The minimum Gasteiger partial charge on any atom is -0.509 e. The Morgan fingerprint density at radius 3 is 1.87 bits per heavy atom. The van der Waals surface area contributed by atoms with Gasteiger partial charge in [0.15, 0.2) is 0 Å². The Hall–Kier alpha value is -7.33. The first-order chi connectivity index (χ1) is 32.9. The van der Waals surface area contributed by atoms with E-state index in [1.807, 2.05) is 36.5 Å². The molecule has 0 saturated carbocycles. The Kier molecular flexibility index (Phi) is 10.2. The van der Waals surface area contributed by atoms with Gasteiger partial charge in [-0.2, -0.15) is 12.1 Å². The second-order valence-corrected chi connectivity index (χ2v) is 19.7. The standard InChI is InChI=1S/C62H49N4O.Pt/c1-61(2,3)41-18-13-17-40(35-41)46-26-15-27-53-49-23-9-7-21-47(49)48-22-8-10-24-50(48)54-28-16-30-56-60(54)65(59(46)53)39-64(56)43-19-14-20-44(37-43)67-45-31-32-52-51-25-11-12-29-55(51)66(57(52)38-45)58-36-42(33-34-63-58)62(4,5)6;/h7-36,39H,1-6H3;/q-3;/i13D;. The molecule has 68 heavy (non-hydrogen) atoms. The monoisotopic (exact) mass is 1060 g/mol. The van der Waals surface area contributed by atoms with Gasteiger partial charge < -0.3 is 18.8 Å². The van der Waals surface area contributed by atoms with Crippen LogP contribution in [0.5, 0.6) is 11.5 Å². The van der Waals surface area contributed by atoms with Crippen LogP contribution in [0.3, 0.4) is 0 Å². The summed E-state index contributed by atoms with van der Waals surface area (Å²) in [5.74, 6) is 2.00. The fourth-order valence-electron chi connectivity index (χ4n) is 9.95. The van der Waals surface area contributed by atoms with Gasteiger partial charge in [0.25, 0.3) is 0 Å². The van der Waals surface area contributed by atoms with Crippen molar-refractivity contribution in [1.29, 1.82) is 0 Å². The molecule has 0 aliphatic carbocycles. The summed E-state index contributed by atoms with van der Waals surface area (Å²) >= 11 is 0. The predicted molar refractivity (Wildman–Crippen MR) is 280 cm³/mol. The number of benzene rings is 8. The van der Waals surface area contributed by atoms with Gasteiger partial charge in [-0.1, -0.05) is 174 Å². The Morgan fingerprint density at radius 1 is 0.544 bits per heavy atom. The van der Waals surface area contributed by atoms with Gasteiger partial charge in [-0.15, -0.1) is 35.7 Å². The molecule has 8 aromatic carbocycles. The van der Waals surface area contributed by atoms with E-state index in [0.717, 1.165) is 88.3 Å². The maximum Gasteiger partial charge on any atom is 0.135 e. The number of fused-ring (bicyclic) bond motifs is 10. The third-order valence-corrected chi connectivity index (χ3v) is 13.3. The normalized spacial score (nSPS) is 12.7. The molecule has 12 rings (SSSR count). The SMILES string of the molecule is [2H]c1cc(-c2cccc3c4ccccc4c4ccccc4c4cccc5c4n(c23)[CH-]N5c2[c-]c(Oc3[c-]c4c(cc3)c3ccccc3n4-c3cc(C(C)(C)C)ccn3)ccc2)cc(C(C)(C)C)c1.[Pt]. The van der Waals surface area contributed by atoms with Crippen molar-refractivity contribution >= 4 is 76.5 Å². The fraction of sp³-hybridized carbons (Fsp3) is 0.129. The molecule has 0 spiro atoms. The van der Waals surface area contributed by atoms with Crippen LogP contribution in [-0.4, -0.2) is 14.1 Å². The second kappa shape index (κ2) is 16.5.